The van der Waals surface area contributed by atoms with Crippen LogP contribution < -0.4 is 0 Å². The van der Waals surface area contributed by atoms with Crippen LogP contribution in [0.1, 0.15) is 5.56 Å². The Hall–Kier alpha value is -1.82. The average molecular weight is 251 g/mol. The molecular formula is C11H9NO4S. The number of rotatable bonds is 2. The Morgan fingerprint density at radius 1 is 1.29 bits per heavy atom. The second-order valence-electron chi connectivity index (χ2n) is 3.74. The summed E-state index contributed by atoms with van der Waals surface area (Å²) in [5.74, 6) is -2.67. The molecule has 0 bridgehead atoms. The van der Waals surface area contributed by atoms with Crippen LogP contribution in [0.25, 0.3) is 0 Å². The number of carboxylic acid groups (broad SMARTS) is 2. The van der Waals surface area contributed by atoms with Gasteiger partial charge in [-0.1, -0.05) is 18.2 Å². The predicted molar refractivity (Wildman–Crippen MR) is 64.2 cm³/mol. The fourth-order valence-corrected chi connectivity index (χ4v) is 2.06. The van der Waals surface area contributed by atoms with Gasteiger partial charge in [-0.2, -0.15) is 12.6 Å². The molecule has 1 aliphatic rings. The Kier molecular flexibility index (Phi) is 2.66. The Bertz CT molecular complexity index is 540. The number of carbonyl (C=O) groups is 2. The van der Waals surface area contributed by atoms with Gasteiger partial charge in [-0.25, -0.2) is 9.79 Å². The van der Waals surface area contributed by atoms with Gasteiger partial charge in [0.25, 0.3) is 0 Å². The molecule has 0 saturated carbocycles. The third-order valence-corrected chi connectivity index (χ3v) is 3.18. The predicted octanol–water partition coefficient (Wildman–Crippen LogP) is 1.15. The number of hydrogen-bond donors (Lipinski definition) is 3. The maximum absolute atomic E-state index is 11.2. The van der Waals surface area contributed by atoms with E-state index >= 15 is 0 Å². The van der Waals surface area contributed by atoms with Crippen LogP contribution in [0.15, 0.2) is 29.3 Å². The van der Waals surface area contributed by atoms with Crippen LogP contribution in [0.3, 0.4) is 0 Å². The van der Waals surface area contributed by atoms with Gasteiger partial charge in [0.05, 0.1) is 5.69 Å². The Balaban J connectivity index is 2.62. The van der Waals surface area contributed by atoms with Crippen molar-refractivity contribution >= 4 is 36.0 Å². The summed E-state index contributed by atoms with van der Waals surface area (Å²) in [6, 6.07) is 6.82. The Morgan fingerprint density at radius 2 is 1.94 bits per heavy atom. The molecule has 5 nitrogen and oxygen atoms in total. The van der Waals surface area contributed by atoms with E-state index in [1.54, 1.807) is 24.3 Å². The first-order valence-corrected chi connectivity index (χ1v) is 5.26. The minimum atomic E-state index is -1.78. The molecule has 1 heterocycles. The van der Waals surface area contributed by atoms with E-state index in [9.17, 15) is 9.59 Å². The molecule has 2 rings (SSSR count). The topological polar surface area (TPSA) is 87.0 Å². The molecule has 0 spiro atoms. The Morgan fingerprint density at radius 3 is 2.53 bits per heavy atom. The zero-order valence-corrected chi connectivity index (χ0v) is 9.52. The molecule has 0 amide bonds. The first kappa shape index (κ1) is 11.7. The lowest BCUT2D eigenvalue weighted by Crippen LogP contribution is -2.48. The van der Waals surface area contributed by atoms with Crippen molar-refractivity contribution < 1.29 is 19.8 Å². The summed E-state index contributed by atoms with van der Waals surface area (Å²) < 4.78 is -1.78. The molecule has 0 aromatic heterocycles. The van der Waals surface area contributed by atoms with Crippen molar-refractivity contribution in [1.82, 2.24) is 0 Å². The number of hydrogen-bond acceptors (Lipinski definition) is 4. The minimum Gasteiger partial charge on any atom is -0.480 e. The lowest BCUT2D eigenvalue weighted by molar-refractivity contribution is -0.139. The van der Waals surface area contributed by atoms with Crippen LogP contribution in [0.2, 0.25) is 0 Å². The van der Waals surface area contributed by atoms with Crippen molar-refractivity contribution in [2.45, 2.75) is 11.2 Å². The molecular weight excluding hydrogens is 242 g/mol. The lowest BCUT2D eigenvalue weighted by atomic mass is 9.89. The number of aliphatic imine (C=N–C) groups is 1. The molecule has 17 heavy (non-hydrogen) atoms. The van der Waals surface area contributed by atoms with E-state index in [-0.39, 0.29) is 6.42 Å². The summed E-state index contributed by atoms with van der Waals surface area (Å²) in [5.41, 5.74) is 0.706. The molecule has 6 heteroatoms. The minimum absolute atomic E-state index is 0.00670. The highest BCUT2D eigenvalue weighted by molar-refractivity contribution is 7.84. The van der Waals surface area contributed by atoms with E-state index < -0.39 is 22.4 Å². The van der Waals surface area contributed by atoms with E-state index in [1.807, 2.05) is 0 Å². The third-order valence-electron chi connectivity index (χ3n) is 2.62. The summed E-state index contributed by atoms with van der Waals surface area (Å²) in [4.78, 5) is 26.1. The Labute approximate surface area is 102 Å². The second-order valence-corrected chi connectivity index (χ2v) is 4.50. The monoisotopic (exact) mass is 251 g/mol. The van der Waals surface area contributed by atoms with Crippen molar-refractivity contribution in [3.63, 3.8) is 0 Å². The van der Waals surface area contributed by atoms with Crippen LogP contribution >= 0.6 is 12.6 Å². The summed E-state index contributed by atoms with van der Waals surface area (Å²) in [7, 11) is 0. The smallest absolute Gasteiger partial charge is 0.352 e. The normalized spacial score (nSPS) is 22.5. The van der Waals surface area contributed by atoms with E-state index in [4.69, 9.17) is 10.2 Å². The summed E-state index contributed by atoms with van der Waals surface area (Å²) in [5, 5.41) is 18.1. The van der Waals surface area contributed by atoms with Gasteiger partial charge in [-0.05, 0) is 11.6 Å². The fraction of sp³-hybridized carbons (Fsp3) is 0.182. The number of fused-ring (bicyclic) bond motifs is 1. The molecule has 0 fully saturated rings. The first-order chi connectivity index (χ1) is 7.95. The molecule has 88 valence electrons. The molecule has 1 aliphatic heterocycles. The van der Waals surface area contributed by atoms with Crippen molar-refractivity contribution in [3.8, 4) is 0 Å². The largest absolute Gasteiger partial charge is 0.480 e. The number of aliphatic carboxylic acids is 2. The van der Waals surface area contributed by atoms with Crippen LogP contribution in [0.5, 0.6) is 0 Å². The number of thiol groups is 1. The van der Waals surface area contributed by atoms with E-state index in [2.05, 4.69) is 17.6 Å². The standard InChI is InChI=1S/C11H9NO4S/c13-9(14)8-11(17,10(15)16)5-6-3-1-2-4-7(6)12-8/h1-4,17H,5H2,(H,13,14)(H,15,16). The fourth-order valence-electron chi connectivity index (χ4n) is 1.74. The van der Waals surface area contributed by atoms with Crippen molar-refractivity contribution in [3.05, 3.63) is 29.8 Å². The zero-order chi connectivity index (χ0) is 12.6. The number of nitrogens with zero attached hydrogens (tertiary/aromatic N) is 1. The van der Waals surface area contributed by atoms with Gasteiger partial charge < -0.3 is 10.2 Å². The highest BCUT2D eigenvalue weighted by atomic mass is 32.1. The van der Waals surface area contributed by atoms with Gasteiger partial charge in [0.15, 0.2) is 10.5 Å². The van der Waals surface area contributed by atoms with Gasteiger partial charge >= 0.3 is 11.9 Å². The second kappa shape index (κ2) is 3.89. The van der Waals surface area contributed by atoms with Crippen LogP contribution in [0, 0.1) is 0 Å². The number of carboxylic acids is 2. The van der Waals surface area contributed by atoms with E-state index in [0.717, 1.165) is 0 Å². The molecule has 1 unspecified atom stereocenters. The van der Waals surface area contributed by atoms with Gasteiger partial charge in [-0.15, -0.1) is 0 Å². The molecule has 1 aromatic rings. The van der Waals surface area contributed by atoms with Crippen LogP contribution in [-0.2, 0) is 16.0 Å². The number of para-hydroxylation sites is 1. The molecule has 0 radical (unpaired) electrons. The first-order valence-electron chi connectivity index (χ1n) is 4.81. The third kappa shape index (κ3) is 1.80. The molecule has 0 aliphatic carbocycles. The quantitative estimate of drug-likeness (QED) is 0.688. The van der Waals surface area contributed by atoms with Crippen LogP contribution in [-0.4, -0.2) is 32.6 Å². The van der Waals surface area contributed by atoms with Crippen LogP contribution in [0.4, 0.5) is 5.69 Å². The maximum atomic E-state index is 11.2. The van der Waals surface area contributed by atoms with Gasteiger partial charge in [0.1, 0.15) is 0 Å². The highest BCUT2D eigenvalue weighted by Crippen LogP contribution is 2.34. The molecule has 1 aromatic carbocycles. The zero-order valence-electron chi connectivity index (χ0n) is 8.62. The summed E-state index contributed by atoms with van der Waals surface area (Å²) in [6.45, 7) is 0. The highest BCUT2D eigenvalue weighted by Gasteiger charge is 2.46. The van der Waals surface area contributed by atoms with Crippen molar-refractivity contribution in [2.24, 2.45) is 4.99 Å². The maximum Gasteiger partial charge on any atom is 0.352 e. The molecule has 2 N–H and O–H groups in total. The summed E-state index contributed by atoms with van der Waals surface area (Å²) >= 11 is 3.99. The van der Waals surface area contributed by atoms with E-state index in [0.29, 0.717) is 11.3 Å². The molecule has 0 saturated heterocycles. The lowest BCUT2D eigenvalue weighted by Gasteiger charge is -2.27. The van der Waals surface area contributed by atoms with Crippen molar-refractivity contribution in [1.29, 1.82) is 0 Å². The SMILES string of the molecule is O=C(O)C1=Nc2ccccc2CC1(S)C(=O)O. The van der Waals surface area contributed by atoms with Crippen molar-refractivity contribution in [2.75, 3.05) is 0 Å². The van der Waals surface area contributed by atoms with Gasteiger partial charge in [0, 0.05) is 6.42 Å². The van der Waals surface area contributed by atoms with Gasteiger partial charge in [0.2, 0.25) is 0 Å². The molecule has 1 atom stereocenters. The van der Waals surface area contributed by atoms with E-state index in [1.165, 1.54) is 0 Å². The average Bonchev–Trinajstić information content (AvgIpc) is 2.27. The summed E-state index contributed by atoms with van der Waals surface area (Å²) in [6.07, 6.45) is 0.00670. The number of benzene rings is 1. The van der Waals surface area contributed by atoms with Gasteiger partial charge in [-0.3, -0.25) is 4.79 Å².